The maximum absolute atomic E-state index is 12.4. The molecule has 0 saturated carbocycles. The molecule has 0 unspecified atom stereocenters. The third-order valence-electron chi connectivity index (χ3n) is 3.00. The summed E-state index contributed by atoms with van der Waals surface area (Å²) in [6.45, 7) is 0. The Labute approximate surface area is 146 Å². The largest absolute Gasteiger partial charge is 0.366 e. The molecule has 0 spiro atoms. The van der Waals surface area contributed by atoms with Crippen LogP contribution in [0.1, 0.15) is 20.7 Å². The Morgan fingerprint density at radius 2 is 1.68 bits per heavy atom. The van der Waals surface area contributed by atoms with Crippen LogP contribution in [0.25, 0.3) is 0 Å². The number of thiophene rings is 1. The molecule has 0 radical (unpaired) electrons. The van der Waals surface area contributed by atoms with Crippen LogP contribution in [0, 0.1) is 0 Å². The highest BCUT2D eigenvalue weighted by atomic mass is 32.2. The third kappa shape index (κ3) is 4.33. The zero-order valence-electron chi connectivity index (χ0n) is 12.9. The Morgan fingerprint density at radius 1 is 1.04 bits per heavy atom. The molecule has 0 aliphatic carbocycles. The summed E-state index contributed by atoms with van der Waals surface area (Å²) in [5.74, 6) is -1.51. The van der Waals surface area contributed by atoms with Crippen LogP contribution in [0.15, 0.2) is 35.2 Å². The number of hydrogen-bond acceptors (Lipinski definition) is 6. The highest BCUT2D eigenvalue weighted by Gasteiger charge is 2.20. The zero-order valence-corrected chi connectivity index (χ0v) is 14.5. The van der Waals surface area contributed by atoms with E-state index in [0.717, 1.165) is 17.6 Å². The number of nitrogens with two attached hydrogens (primary N) is 2. The van der Waals surface area contributed by atoms with Crippen molar-refractivity contribution in [2.75, 3.05) is 16.9 Å². The standard InChI is InChI=1S/C14H14N4O5S2/c1-25(22,23)9-5-3-2-4-7(9)12(20)17-10-6-8(11(15)19)13(24-10)18-14(16)21/h2-6H,1H3,(H2,15,19)(H,17,20)(H3,16,18,21). The molecule has 0 aliphatic rings. The van der Waals surface area contributed by atoms with Gasteiger partial charge in [-0.3, -0.25) is 14.9 Å². The number of nitrogens with one attached hydrogen (secondary N) is 2. The molecule has 0 aliphatic heterocycles. The Bertz CT molecular complexity index is 965. The molecule has 4 amide bonds. The Kier molecular flexibility index (Phi) is 5.09. The number of primary amides is 2. The molecule has 2 aromatic rings. The first kappa shape index (κ1) is 18.4. The van der Waals surface area contributed by atoms with Crippen LogP contribution >= 0.6 is 11.3 Å². The zero-order chi connectivity index (χ0) is 18.8. The van der Waals surface area contributed by atoms with Gasteiger partial charge in [-0.15, -0.1) is 0 Å². The van der Waals surface area contributed by atoms with Crippen molar-refractivity contribution in [2.24, 2.45) is 11.5 Å². The van der Waals surface area contributed by atoms with Gasteiger partial charge in [0.15, 0.2) is 9.84 Å². The van der Waals surface area contributed by atoms with Gasteiger partial charge >= 0.3 is 6.03 Å². The van der Waals surface area contributed by atoms with E-state index in [-0.39, 0.29) is 26.0 Å². The topological polar surface area (TPSA) is 161 Å². The second kappa shape index (κ2) is 6.91. The summed E-state index contributed by atoms with van der Waals surface area (Å²) in [4.78, 5) is 34.6. The number of carbonyl (C=O) groups is 3. The fourth-order valence-electron chi connectivity index (χ4n) is 2.00. The molecule has 9 nitrogen and oxygen atoms in total. The number of carbonyl (C=O) groups excluding carboxylic acids is 3. The van der Waals surface area contributed by atoms with E-state index in [1.165, 1.54) is 30.3 Å². The minimum Gasteiger partial charge on any atom is -0.366 e. The molecule has 132 valence electrons. The lowest BCUT2D eigenvalue weighted by Gasteiger charge is -2.07. The van der Waals surface area contributed by atoms with Crippen molar-refractivity contribution in [1.29, 1.82) is 0 Å². The number of benzene rings is 1. The van der Waals surface area contributed by atoms with Gasteiger partial charge in [0.1, 0.15) is 5.00 Å². The summed E-state index contributed by atoms with van der Waals surface area (Å²) in [6.07, 6.45) is 0.990. The van der Waals surface area contributed by atoms with Crippen molar-refractivity contribution in [1.82, 2.24) is 0 Å². The average Bonchev–Trinajstić information content (AvgIpc) is 2.88. The van der Waals surface area contributed by atoms with Gasteiger partial charge in [0.25, 0.3) is 11.8 Å². The first-order chi connectivity index (χ1) is 11.6. The van der Waals surface area contributed by atoms with Gasteiger partial charge in [-0.05, 0) is 18.2 Å². The number of rotatable bonds is 5. The van der Waals surface area contributed by atoms with E-state index in [2.05, 4.69) is 10.6 Å². The summed E-state index contributed by atoms with van der Waals surface area (Å²) >= 11 is 0.858. The van der Waals surface area contributed by atoms with Crippen LogP contribution in [-0.4, -0.2) is 32.5 Å². The van der Waals surface area contributed by atoms with Crippen molar-refractivity contribution in [3.05, 3.63) is 41.5 Å². The summed E-state index contributed by atoms with van der Waals surface area (Å²) in [6, 6.07) is 6.05. The SMILES string of the molecule is CS(=O)(=O)c1ccccc1C(=O)Nc1cc(C(N)=O)c(NC(N)=O)s1. The minimum atomic E-state index is -3.61. The maximum Gasteiger partial charge on any atom is 0.317 e. The van der Waals surface area contributed by atoms with Crippen LogP contribution in [0.3, 0.4) is 0 Å². The lowest BCUT2D eigenvalue weighted by Crippen LogP contribution is -2.21. The smallest absolute Gasteiger partial charge is 0.317 e. The van der Waals surface area contributed by atoms with E-state index in [1.807, 2.05) is 0 Å². The molecular weight excluding hydrogens is 368 g/mol. The minimum absolute atomic E-state index is 0.0319. The monoisotopic (exact) mass is 382 g/mol. The van der Waals surface area contributed by atoms with Gasteiger partial charge in [0.2, 0.25) is 0 Å². The molecule has 0 bridgehead atoms. The third-order valence-corrected chi connectivity index (χ3v) is 5.12. The Morgan fingerprint density at radius 3 is 2.24 bits per heavy atom. The van der Waals surface area contributed by atoms with Crippen LogP contribution in [0.2, 0.25) is 0 Å². The van der Waals surface area contributed by atoms with E-state index in [9.17, 15) is 22.8 Å². The molecule has 0 atom stereocenters. The van der Waals surface area contributed by atoms with Crippen LogP contribution in [-0.2, 0) is 9.84 Å². The van der Waals surface area contributed by atoms with Crippen molar-refractivity contribution in [3.63, 3.8) is 0 Å². The fraction of sp³-hybridized carbons (Fsp3) is 0.0714. The van der Waals surface area contributed by atoms with Gasteiger partial charge in [-0.25, -0.2) is 13.2 Å². The maximum atomic E-state index is 12.4. The Balaban J connectivity index is 2.36. The molecule has 11 heteroatoms. The summed E-state index contributed by atoms with van der Waals surface area (Å²) in [5.41, 5.74) is 10.1. The molecular formula is C14H14N4O5S2. The first-order valence-corrected chi connectivity index (χ1v) is 9.41. The number of amides is 4. The predicted molar refractivity (Wildman–Crippen MR) is 93.5 cm³/mol. The van der Waals surface area contributed by atoms with Gasteiger partial charge < -0.3 is 16.8 Å². The average molecular weight is 382 g/mol. The molecule has 1 heterocycles. The molecule has 0 saturated heterocycles. The van der Waals surface area contributed by atoms with E-state index >= 15 is 0 Å². The van der Waals surface area contributed by atoms with Crippen molar-refractivity contribution in [3.8, 4) is 0 Å². The summed E-state index contributed by atoms with van der Waals surface area (Å²) in [5, 5.41) is 4.97. The number of anilines is 2. The van der Waals surface area contributed by atoms with E-state index in [1.54, 1.807) is 0 Å². The van der Waals surface area contributed by atoms with Crippen molar-refractivity contribution in [2.45, 2.75) is 4.90 Å². The number of urea groups is 1. The number of sulfone groups is 1. The number of hydrogen-bond donors (Lipinski definition) is 4. The second-order valence-electron chi connectivity index (χ2n) is 4.93. The highest BCUT2D eigenvalue weighted by Crippen LogP contribution is 2.32. The lowest BCUT2D eigenvalue weighted by atomic mass is 10.2. The lowest BCUT2D eigenvalue weighted by molar-refractivity contribution is 0.0997. The fourth-order valence-corrected chi connectivity index (χ4v) is 3.84. The van der Waals surface area contributed by atoms with Gasteiger partial charge in [0.05, 0.1) is 21.0 Å². The predicted octanol–water partition coefficient (Wildman–Crippen LogP) is 0.993. The van der Waals surface area contributed by atoms with Gasteiger partial charge in [-0.2, -0.15) is 0 Å². The summed E-state index contributed by atoms with van der Waals surface area (Å²) < 4.78 is 23.6. The van der Waals surface area contributed by atoms with E-state index in [0.29, 0.717) is 0 Å². The van der Waals surface area contributed by atoms with E-state index in [4.69, 9.17) is 11.5 Å². The van der Waals surface area contributed by atoms with Crippen LogP contribution in [0.5, 0.6) is 0 Å². The normalized spacial score (nSPS) is 10.9. The molecule has 1 aromatic heterocycles. The quantitative estimate of drug-likeness (QED) is 0.605. The molecule has 2 rings (SSSR count). The summed E-state index contributed by atoms with van der Waals surface area (Å²) in [7, 11) is -3.61. The molecule has 6 N–H and O–H groups in total. The second-order valence-corrected chi connectivity index (χ2v) is 7.97. The molecule has 25 heavy (non-hydrogen) atoms. The van der Waals surface area contributed by atoms with Crippen LogP contribution < -0.4 is 22.1 Å². The first-order valence-electron chi connectivity index (χ1n) is 6.70. The van der Waals surface area contributed by atoms with Crippen molar-refractivity contribution < 1.29 is 22.8 Å². The van der Waals surface area contributed by atoms with Gasteiger partial charge in [0, 0.05) is 6.26 Å². The van der Waals surface area contributed by atoms with E-state index < -0.39 is 27.7 Å². The van der Waals surface area contributed by atoms with Crippen molar-refractivity contribution >= 4 is 49.0 Å². The Hall–Kier alpha value is -2.92. The van der Waals surface area contributed by atoms with Gasteiger partial charge in [-0.1, -0.05) is 23.5 Å². The van der Waals surface area contributed by atoms with Crippen LogP contribution in [0.4, 0.5) is 14.8 Å². The molecule has 1 aromatic carbocycles. The molecule has 0 fully saturated rings. The highest BCUT2D eigenvalue weighted by molar-refractivity contribution is 7.90.